The standard InChI is InChI=1S/C21H23ClN4O3S/c1-4-30(27,28)17-9-10-19(29-14(2)3)18(11-17)26-21-12-20(23-13-24-21)25-16-7-5-15(22)6-8-16/h5-14H,4H2,1-3H3,(H2,23,24,25,26). The van der Waals surface area contributed by atoms with Crippen molar-refractivity contribution in [3.05, 3.63) is 59.9 Å². The number of sulfone groups is 1. The van der Waals surface area contributed by atoms with E-state index in [1.165, 1.54) is 6.33 Å². The summed E-state index contributed by atoms with van der Waals surface area (Å²) >= 11 is 5.92. The molecule has 1 aromatic heterocycles. The second-order valence-corrected chi connectivity index (χ2v) is 9.49. The second kappa shape index (κ2) is 9.32. The maximum absolute atomic E-state index is 12.3. The van der Waals surface area contributed by atoms with Crippen LogP contribution in [0.15, 0.2) is 59.8 Å². The van der Waals surface area contributed by atoms with Crippen LogP contribution < -0.4 is 15.4 Å². The zero-order valence-electron chi connectivity index (χ0n) is 16.9. The Kier molecular flexibility index (Phi) is 6.79. The number of rotatable bonds is 8. The fourth-order valence-corrected chi connectivity index (χ4v) is 3.67. The topological polar surface area (TPSA) is 93.2 Å². The molecule has 3 rings (SSSR count). The Bertz CT molecular complexity index is 1120. The van der Waals surface area contributed by atoms with Crippen molar-refractivity contribution in [3.8, 4) is 5.75 Å². The summed E-state index contributed by atoms with van der Waals surface area (Å²) in [7, 11) is -3.36. The largest absolute Gasteiger partial charge is 0.489 e. The van der Waals surface area contributed by atoms with Crippen molar-refractivity contribution in [1.82, 2.24) is 9.97 Å². The van der Waals surface area contributed by atoms with Crippen LogP contribution in [0.2, 0.25) is 5.02 Å². The molecule has 0 saturated carbocycles. The summed E-state index contributed by atoms with van der Waals surface area (Å²) in [5, 5.41) is 6.96. The van der Waals surface area contributed by atoms with Gasteiger partial charge in [-0.15, -0.1) is 0 Å². The quantitative estimate of drug-likeness (QED) is 0.491. The zero-order chi connectivity index (χ0) is 21.7. The fraction of sp³-hybridized carbons (Fsp3) is 0.238. The number of benzene rings is 2. The highest BCUT2D eigenvalue weighted by molar-refractivity contribution is 7.91. The number of hydrogen-bond donors (Lipinski definition) is 2. The molecule has 0 amide bonds. The van der Waals surface area contributed by atoms with E-state index in [2.05, 4.69) is 20.6 Å². The lowest BCUT2D eigenvalue weighted by Crippen LogP contribution is -2.10. The third-order valence-corrected chi connectivity index (χ3v) is 6.08. The van der Waals surface area contributed by atoms with Crippen molar-refractivity contribution >= 4 is 44.4 Å². The van der Waals surface area contributed by atoms with Gasteiger partial charge >= 0.3 is 0 Å². The summed E-state index contributed by atoms with van der Waals surface area (Å²) in [6.07, 6.45) is 1.34. The Hall–Kier alpha value is -2.84. The SMILES string of the molecule is CCS(=O)(=O)c1ccc(OC(C)C)c(Nc2cc(Nc3ccc(Cl)cc3)ncn2)c1. The Morgan fingerprint density at radius 2 is 1.67 bits per heavy atom. The molecule has 0 bridgehead atoms. The average molecular weight is 447 g/mol. The van der Waals surface area contributed by atoms with E-state index >= 15 is 0 Å². The first-order chi connectivity index (χ1) is 14.3. The Morgan fingerprint density at radius 1 is 1.00 bits per heavy atom. The van der Waals surface area contributed by atoms with Crippen molar-refractivity contribution < 1.29 is 13.2 Å². The van der Waals surface area contributed by atoms with Gasteiger partial charge in [0.05, 0.1) is 22.4 Å². The van der Waals surface area contributed by atoms with Gasteiger partial charge in [-0.25, -0.2) is 18.4 Å². The molecule has 2 aromatic carbocycles. The first-order valence-electron chi connectivity index (χ1n) is 9.42. The van der Waals surface area contributed by atoms with Gasteiger partial charge in [0.2, 0.25) is 0 Å². The van der Waals surface area contributed by atoms with Crippen LogP contribution in [-0.2, 0) is 9.84 Å². The molecular formula is C21H23ClN4O3S. The van der Waals surface area contributed by atoms with Gasteiger partial charge in [0.1, 0.15) is 23.7 Å². The first kappa shape index (κ1) is 21.9. The van der Waals surface area contributed by atoms with Crippen LogP contribution in [0.4, 0.5) is 23.0 Å². The number of anilines is 4. The van der Waals surface area contributed by atoms with Gasteiger partial charge in [-0.1, -0.05) is 18.5 Å². The van der Waals surface area contributed by atoms with Crippen LogP contribution in [-0.4, -0.2) is 30.2 Å². The highest BCUT2D eigenvalue weighted by Gasteiger charge is 2.16. The Balaban J connectivity index is 1.90. The molecule has 0 fully saturated rings. The number of nitrogens with one attached hydrogen (secondary N) is 2. The number of nitrogens with zero attached hydrogens (tertiary/aromatic N) is 2. The van der Waals surface area contributed by atoms with E-state index in [-0.39, 0.29) is 16.8 Å². The van der Waals surface area contributed by atoms with Gasteiger partial charge < -0.3 is 15.4 Å². The van der Waals surface area contributed by atoms with E-state index in [0.717, 1.165) is 5.69 Å². The van der Waals surface area contributed by atoms with Crippen molar-refractivity contribution in [2.45, 2.75) is 31.8 Å². The van der Waals surface area contributed by atoms with Crippen molar-refractivity contribution in [1.29, 1.82) is 0 Å². The number of halogens is 1. The predicted octanol–water partition coefficient (Wildman–Crippen LogP) is 5.20. The van der Waals surface area contributed by atoms with E-state index in [9.17, 15) is 8.42 Å². The van der Waals surface area contributed by atoms with Crippen molar-refractivity contribution in [3.63, 3.8) is 0 Å². The average Bonchev–Trinajstić information content (AvgIpc) is 2.71. The number of hydrogen-bond acceptors (Lipinski definition) is 7. The van der Waals surface area contributed by atoms with Crippen LogP contribution in [0.5, 0.6) is 5.75 Å². The van der Waals surface area contributed by atoms with Gasteiger partial charge in [-0.05, 0) is 56.3 Å². The van der Waals surface area contributed by atoms with Gasteiger partial charge in [0, 0.05) is 16.8 Å². The number of aromatic nitrogens is 2. The third-order valence-electron chi connectivity index (χ3n) is 4.10. The second-order valence-electron chi connectivity index (χ2n) is 6.77. The lowest BCUT2D eigenvalue weighted by Gasteiger charge is -2.17. The monoisotopic (exact) mass is 446 g/mol. The van der Waals surface area contributed by atoms with Gasteiger partial charge in [0.15, 0.2) is 9.84 Å². The molecule has 3 aromatic rings. The minimum Gasteiger partial charge on any atom is -0.489 e. The lowest BCUT2D eigenvalue weighted by molar-refractivity contribution is 0.243. The van der Waals surface area contributed by atoms with Crippen LogP contribution in [0.25, 0.3) is 0 Å². The molecule has 0 saturated heterocycles. The first-order valence-corrected chi connectivity index (χ1v) is 11.4. The normalized spacial score (nSPS) is 11.4. The summed E-state index contributed by atoms with van der Waals surface area (Å²) < 4.78 is 30.4. The number of ether oxygens (including phenoxy) is 1. The predicted molar refractivity (Wildman–Crippen MR) is 120 cm³/mol. The molecule has 0 unspecified atom stereocenters. The van der Waals surface area contributed by atoms with Gasteiger partial charge in [0.25, 0.3) is 0 Å². The van der Waals surface area contributed by atoms with Crippen molar-refractivity contribution in [2.75, 3.05) is 16.4 Å². The summed E-state index contributed by atoms with van der Waals surface area (Å²) in [5.74, 6) is 1.60. The van der Waals surface area contributed by atoms with E-state index < -0.39 is 9.84 Å². The zero-order valence-corrected chi connectivity index (χ0v) is 18.5. The molecule has 1 heterocycles. The van der Waals surface area contributed by atoms with E-state index in [4.69, 9.17) is 16.3 Å². The third kappa shape index (κ3) is 5.61. The van der Waals surface area contributed by atoms with Crippen LogP contribution >= 0.6 is 11.6 Å². The van der Waals surface area contributed by atoms with E-state index in [0.29, 0.717) is 28.1 Å². The molecule has 2 N–H and O–H groups in total. The summed E-state index contributed by atoms with van der Waals surface area (Å²) in [5.41, 5.74) is 1.33. The van der Waals surface area contributed by atoms with Crippen LogP contribution in [0.1, 0.15) is 20.8 Å². The molecule has 158 valence electrons. The van der Waals surface area contributed by atoms with E-state index in [1.54, 1.807) is 43.3 Å². The minimum absolute atomic E-state index is 0.0134. The molecule has 0 aliphatic carbocycles. The fourth-order valence-electron chi connectivity index (χ4n) is 2.64. The Morgan fingerprint density at radius 3 is 2.30 bits per heavy atom. The molecular weight excluding hydrogens is 424 g/mol. The Labute approximate surface area is 181 Å². The van der Waals surface area contributed by atoms with Crippen molar-refractivity contribution in [2.24, 2.45) is 0 Å². The smallest absolute Gasteiger partial charge is 0.178 e. The van der Waals surface area contributed by atoms with Gasteiger partial charge in [-0.3, -0.25) is 0 Å². The molecule has 0 aliphatic heterocycles. The molecule has 0 atom stereocenters. The highest BCUT2D eigenvalue weighted by Crippen LogP contribution is 2.32. The molecule has 0 aliphatic rings. The molecule has 30 heavy (non-hydrogen) atoms. The summed E-state index contributed by atoms with van der Waals surface area (Å²) in [6, 6.07) is 13.7. The summed E-state index contributed by atoms with van der Waals surface area (Å²) in [6.45, 7) is 5.42. The lowest BCUT2D eigenvalue weighted by atomic mass is 10.2. The van der Waals surface area contributed by atoms with Crippen LogP contribution in [0, 0.1) is 0 Å². The molecule has 0 spiro atoms. The van der Waals surface area contributed by atoms with E-state index in [1.807, 2.05) is 26.0 Å². The summed E-state index contributed by atoms with van der Waals surface area (Å²) in [4.78, 5) is 8.67. The highest BCUT2D eigenvalue weighted by atomic mass is 35.5. The maximum Gasteiger partial charge on any atom is 0.178 e. The molecule has 9 heteroatoms. The maximum atomic E-state index is 12.3. The molecule has 7 nitrogen and oxygen atoms in total. The van der Waals surface area contributed by atoms with Gasteiger partial charge in [-0.2, -0.15) is 0 Å². The molecule has 0 radical (unpaired) electrons. The van der Waals surface area contributed by atoms with Crippen LogP contribution in [0.3, 0.4) is 0 Å². The minimum atomic E-state index is -3.36.